The maximum absolute atomic E-state index is 14.2. The van der Waals surface area contributed by atoms with Crippen molar-refractivity contribution in [1.82, 2.24) is 19.8 Å². The monoisotopic (exact) mass is 663 g/mol. The van der Waals surface area contributed by atoms with Gasteiger partial charge in [0.2, 0.25) is 5.95 Å². The van der Waals surface area contributed by atoms with Crippen LogP contribution in [0.3, 0.4) is 0 Å². The van der Waals surface area contributed by atoms with E-state index in [0.717, 1.165) is 56.5 Å². The van der Waals surface area contributed by atoms with Crippen molar-refractivity contribution in [3.8, 4) is 10.6 Å². The number of aryl methyl sites for hydroxylation is 1. The molecule has 3 aromatic rings. The van der Waals surface area contributed by atoms with Crippen LogP contribution < -0.4 is 5.32 Å². The van der Waals surface area contributed by atoms with E-state index in [1.54, 1.807) is 0 Å². The van der Waals surface area contributed by atoms with Crippen LogP contribution in [0.25, 0.3) is 10.6 Å². The molecule has 15 heteroatoms. The second-order valence-electron chi connectivity index (χ2n) is 11.9. The molecule has 45 heavy (non-hydrogen) atoms. The smallest absolute Gasteiger partial charge is 0.381 e. The van der Waals surface area contributed by atoms with Gasteiger partial charge in [-0.1, -0.05) is 13.0 Å². The van der Waals surface area contributed by atoms with Crippen molar-refractivity contribution in [2.75, 3.05) is 57.1 Å². The highest BCUT2D eigenvalue weighted by Crippen LogP contribution is 2.42. The van der Waals surface area contributed by atoms with Crippen LogP contribution in [0.4, 0.5) is 24.8 Å². The summed E-state index contributed by atoms with van der Waals surface area (Å²) in [7, 11) is -3.93. The Balaban J connectivity index is 1.22. The highest BCUT2D eigenvalue weighted by molar-refractivity contribution is 7.91. The fourth-order valence-electron chi connectivity index (χ4n) is 6.18. The van der Waals surface area contributed by atoms with E-state index in [4.69, 9.17) is 9.47 Å². The number of fused-ring (bicyclic) bond motifs is 2. The first kappa shape index (κ1) is 30.5. The van der Waals surface area contributed by atoms with E-state index >= 15 is 0 Å². The molecule has 1 amide bonds. The van der Waals surface area contributed by atoms with Gasteiger partial charge in [0.1, 0.15) is 10.4 Å². The summed E-state index contributed by atoms with van der Waals surface area (Å²) < 4.78 is 79.5. The molecule has 240 valence electrons. The van der Waals surface area contributed by atoms with Crippen LogP contribution in [0.5, 0.6) is 0 Å². The molecule has 1 N–H and O–H groups in total. The van der Waals surface area contributed by atoms with Crippen molar-refractivity contribution >= 4 is 38.7 Å². The van der Waals surface area contributed by atoms with Crippen LogP contribution in [0.1, 0.15) is 38.8 Å². The zero-order valence-electron chi connectivity index (χ0n) is 24.5. The molecule has 6 heterocycles. The van der Waals surface area contributed by atoms with Crippen LogP contribution >= 0.6 is 11.3 Å². The molecule has 0 unspecified atom stereocenters. The molecule has 7 rings (SSSR count). The first-order valence-corrected chi connectivity index (χ1v) is 17.4. The third-order valence-corrected chi connectivity index (χ3v) is 11.8. The van der Waals surface area contributed by atoms with Gasteiger partial charge >= 0.3 is 6.18 Å². The van der Waals surface area contributed by atoms with Crippen molar-refractivity contribution in [2.24, 2.45) is 5.92 Å². The van der Waals surface area contributed by atoms with Gasteiger partial charge in [-0.3, -0.25) is 9.69 Å². The first-order valence-electron chi connectivity index (χ1n) is 14.9. The summed E-state index contributed by atoms with van der Waals surface area (Å²) in [5, 5.41) is 3.14. The molecule has 0 saturated carbocycles. The fourth-order valence-corrected chi connectivity index (χ4v) is 9.10. The number of carbonyl (C=O) groups is 1. The molecule has 0 atom stereocenters. The number of hydrogen-bond acceptors (Lipinski definition) is 10. The lowest BCUT2D eigenvalue weighted by Crippen LogP contribution is -2.52. The van der Waals surface area contributed by atoms with Gasteiger partial charge in [0, 0.05) is 44.0 Å². The number of carbonyl (C=O) groups excluding carboxylic acids is 1. The SMILES string of the molecule is CCc1cc2c(cc1Nc1ncc(C(F)(F)F)c(-c3cc4c(s3)C(=O)N(C3COC3)CCS4(=O)=O)n1)CCN(CC1COC1)C2. The molecule has 4 aliphatic heterocycles. The van der Waals surface area contributed by atoms with E-state index in [1.165, 1.54) is 10.5 Å². The Hall–Kier alpha value is -3.11. The molecule has 2 saturated heterocycles. The molecule has 4 aliphatic rings. The van der Waals surface area contributed by atoms with Gasteiger partial charge in [-0.05, 0) is 41.7 Å². The highest BCUT2D eigenvalue weighted by Gasteiger charge is 2.41. The average molecular weight is 664 g/mol. The van der Waals surface area contributed by atoms with Crippen LogP contribution in [0, 0.1) is 5.92 Å². The lowest BCUT2D eigenvalue weighted by atomic mass is 9.94. The van der Waals surface area contributed by atoms with E-state index in [1.807, 2.05) is 13.0 Å². The zero-order chi connectivity index (χ0) is 31.5. The predicted molar refractivity (Wildman–Crippen MR) is 160 cm³/mol. The second-order valence-corrected chi connectivity index (χ2v) is 15.0. The number of alkyl halides is 3. The van der Waals surface area contributed by atoms with Gasteiger partial charge in [-0.25, -0.2) is 18.4 Å². The van der Waals surface area contributed by atoms with E-state index in [-0.39, 0.29) is 52.2 Å². The number of amides is 1. The Morgan fingerprint density at radius 2 is 1.87 bits per heavy atom. The van der Waals surface area contributed by atoms with Crippen LogP contribution in [0.15, 0.2) is 29.3 Å². The number of nitrogens with zero attached hydrogens (tertiary/aromatic N) is 4. The Labute approximate surface area is 262 Å². The van der Waals surface area contributed by atoms with Crippen LogP contribution in [-0.2, 0) is 44.9 Å². The molecule has 0 aliphatic carbocycles. The molecule has 10 nitrogen and oxygen atoms in total. The van der Waals surface area contributed by atoms with Crippen molar-refractivity contribution in [2.45, 2.75) is 43.4 Å². The Morgan fingerprint density at radius 1 is 1.09 bits per heavy atom. The quantitative estimate of drug-likeness (QED) is 0.398. The second kappa shape index (κ2) is 11.6. The average Bonchev–Trinajstić information content (AvgIpc) is 3.38. The van der Waals surface area contributed by atoms with Gasteiger partial charge in [0.05, 0.1) is 53.7 Å². The molecular weight excluding hydrogens is 631 g/mol. The predicted octanol–water partition coefficient (Wildman–Crippen LogP) is 4.16. The van der Waals surface area contributed by atoms with Gasteiger partial charge < -0.3 is 19.7 Å². The summed E-state index contributed by atoms with van der Waals surface area (Å²) >= 11 is 0.708. The van der Waals surface area contributed by atoms with Crippen LogP contribution in [0.2, 0.25) is 0 Å². The van der Waals surface area contributed by atoms with Gasteiger partial charge in [0.25, 0.3) is 5.91 Å². The summed E-state index contributed by atoms with van der Waals surface area (Å²) in [6.45, 7) is 6.91. The van der Waals surface area contributed by atoms with Crippen molar-refractivity contribution in [3.05, 3.63) is 51.5 Å². The number of aromatic nitrogens is 2. The Bertz CT molecular complexity index is 1750. The number of thiophene rings is 1. The number of rotatable bonds is 7. The van der Waals surface area contributed by atoms with Crippen LogP contribution in [-0.4, -0.2) is 91.9 Å². The minimum atomic E-state index is -4.81. The molecule has 2 aromatic heterocycles. The summed E-state index contributed by atoms with van der Waals surface area (Å²) in [4.78, 5) is 25.1. The number of halogens is 3. The van der Waals surface area contributed by atoms with Crippen molar-refractivity contribution < 1.29 is 35.9 Å². The third-order valence-electron chi connectivity index (χ3n) is 8.85. The Morgan fingerprint density at radius 3 is 2.53 bits per heavy atom. The largest absolute Gasteiger partial charge is 0.420 e. The van der Waals surface area contributed by atoms with Gasteiger partial charge in [-0.2, -0.15) is 13.2 Å². The number of nitrogens with one attached hydrogen (secondary N) is 1. The number of anilines is 2. The van der Waals surface area contributed by atoms with Crippen molar-refractivity contribution in [3.63, 3.8) is 0 Å². The maximum Gasteiger partial charge on any atom is 0.420 e. The zero-order valence-corrected chi connectivity index (χ0v) is 26.2. The molecule has 0 radical (unpaired) electrons. The lowest BCUT2D eigenvalue weighted by molar-refractivity contribution is -0.137. The summed E-state index contributed by atoms with van der Waals surface area (Å²) in [6.07, 6.45) is -2.59. The number of benzene rings is 1. The van der Waals surface area contributed by atoms with Gasteiger partial charge in [-0.15, -0.1) is 11.3 Å². The van der Waals surface area contributed by atoms with Gasteiger partial charge in [0.15, 0.2) is 9.84 Å². The third kappa shape index (κ3) is 5.84. The number of sulfone groups is 1. The topological polar surface area (TPSA) is 114 Å². The van der Waals surface area contributed by atoms with E-state index in [9.17, 15) is 26.4 Å². The minimum absolute atomic E-state index is 0.00461. The van der Waals surface area contributed by atoms with E-state index < -0.39 is 33.2 Å². The highest BCUT2D eigenvalue weighted by atomic mass is 32.2. The number of hydrogen-bond donors (Lipinski definition) is 1. The molecule has 0 spiro atoms. The normalized spacial score (nSPS) is 20.6. The Kier molecular flexibility index (Phi) is 7.87. The molecule has 2 fully saturated rings. The molecule has 0 bridgehead atoms. The van der Waals surface area contributed by atoms with E-state index in [2.05, 4.69) is 26.3 Å². The summed E-state index contributed by atoms with van der Waals surface area (Å²) in [5.41, 5.74) is 2.48. The molecular formula is C30H32F3N5O5S2. The number of ether oxygens (including phenoxy) is 2. The van der Waals surface area contributed by atoms with E-state index in [0.29, 0.717) is 35.6 Å². The first-order chi connectivity index (χ1) is 21.5. The minimum Gasteiger partial charge on any atom is -0.381 e. The van der Waals surface area contributed by atoms with Crippen molar-refractivity contribution in [1.29, 1.82) is 0 Å². The fraction of sp³-hybridized carbons (Fsp3) is 0.500. The summed E-state index contributed by atoms with van der Waals surface area (Å²) in [6, 6.07) is 5.04. The summed E-state index contributed by atoms with van der Waals surface area (Å²) in [5.74, 6) is -0.345. The maximum atomic E-state index is 14.2. The molecule has 1 aromatic carbocycles. The standard InChI is InChI=1S/C30H32F3N5O5S2/c1-2-18-7-20-12-37(11-17-13-42-14-17)4-3-19(20)8-23(18)35-29-34-10-22(30(31,32)33)26(36-29)24-9-25-27(44-24)28(39)38(21-15-43-16-21)5-6-45(25,40)41/h7-10,17,21H,2-6,11-16H2,1H3,(H,34,35,36). The lowest BCUT2D eigenvalue weighted by Gasteiger charge is -2.36.